The highest BCUT2D eigenvalue weighted by atomic mass is 16.5. The fourth-order valence-corrected chi connectivity index (χ4v) is 3.92. The van der Waals surface area contributed by atoms with Crippen molar-refractivity contribution in [3.63, 3.8) is 0 Å². The van der Waals surface area contributed by atoms with Gasteiger partial charge in [0.15, 0.2) is 0 Å². The molecule has 0 aromatic carbocycles. The Kier molecular flexibility index (Phi) is 5.80. The zero-order chi connectivity index (χ0) is 18.6. The Morgan fingerprint density at radius 1 is 0.963 bits per heavy atom. The van der Waals surface area contributed by atoms with Crippen LogP contribution in [0.25, 0.3) is 0 Å². The number of aryl methyl sites for hydroxylation is 1. The van der Waals surface area contributed by atoms with Crippen LogP contribution < -0.4 is 0 Å². The van der Waals surface area contributed by atoms with Crippen molar-refractivity contribution in [3.05, 3.63) is 23.4 Å². The Bertz CT molecular complexity index is 738. The molecule has 0 bridgehead atoms. The number of piperidine rings is 1. The Morgan fingerprint density at radius 3 is 2.56 bits per heavy atom. The van der Waals surface area contributed by atoms with Crippen molar-refractivity contribution < 1.29 is 9.15 Å². The van der Waals surface area contributed by atoms with E-state index in [0.29, 0.717) is 24.2 Å². The molecule has 0 N–H and O–H groups in total. The molecule has 0 amide bonds. The number of aromatic nitrogens is 5. The smallest absolute Gasteiger partial charge is 0.230 e. The minimum atomic E-state index is 0.392. The molecule has 0 unspecified atom stereocenters. The van der Waals surface area contributed by atoms with E-state index in [1.165, 1.54) is 0 Å². The normalized spacial score (nSPS) is 22.4. The first-order chi connectivity index (χ1) is 13.2. The Hall–Kier alpha value is -1.84. The van der Waals surface area contributed by atoms with Gasteiger partial charge in [-0.05, 0) is 19.4 Å². The SMILES string of the molecule is CCc1nnc(CN2CCC[C@H](c3nnc(CN4CCOCC4)n3C)C2)o1. The van der Waals surface area contributed by atoms with E-state index >= 15 is 0 Å². The first kappa shape index (κ1) is 18.5. The predicted molar refractivity (Wildman–Crippen MR) is 98.0 cm³/mol. The lowest BCUT2D eigenvalue weighted by molar-refractivity contribution is 0.0326. The summed E-state index contributed by atoms with van der Waals surface area (Å²) < 4.78 is 13.3. The Morgan fingerprint density at radius 2 is 1.78 bits per heavy atom. The molecule has 0 saturated carbocycles. The van der Waals surface area contributed by atoms with Crippen LogP contribution in [0, 0.1) is 0 Å². The Labute approximate surface area is 159 Å². The molecular weight excluding hydrogens is 346 g/mol. The molecule has 0 spiro atoms. The second kappa shape index (κ2) is 8.45. The molecule has 2 aromatic rings. The lowest BCUT2D eigenvalue weighted by atomic mass is 9.97. The van der Waals surface area contributed by atoms with Gasteiger partial charge in [-0.25, -0.2) is 0 Å². The van der Waals surface area contributed by atoms with Gasteiger partial charge in [0, 0.05) is 39.0 Å². The molecule has 4 heterocycles. The summed E-state index contributed by atoms with van der Waals surface area (Å²) >= 11 is 0. The zero-order valence-electron chi connectivity index (χ0n) is 16.3. The lowest BCUT2D eigenvalue weighted by Crippen LogP contribution is -2.36. The highest BCUT2D eigenvalue weighted by molar-refractivity contribution is 5.04. The third-order valence-electron chi connectivity index (χ3n) is 5.51. The molecular formula is C18H29N7O2. The van der Waals surface area contributed by atoms with Crippen molar-refractivity contribution in [1.82, 2.24) is 34.8 Å². The van der Waals surface area contributed by atoms with Crippen LogP contribution in [0.15, 0.2) is 4.42 Å². The van der Waals surface area contributed by atoms with Gasteiger partial charge in [-0.15, -0.1) is 20.4 Å². The third kappa shape index (κ3) is 4.36. The van der Waals surface area contributed by atoms with Crippen LogP contribution in [0.4, 0.5) is 0 Å². The maximum atomic E-state index is 5.68. The fraction of sp³-hybridized carbons (Fsp3) is 0.778. The van der Waals surface area contributed by atoms with E-state index in [4.69, 9.17) is 9.15 Å². The minimum Gasteiger partial charge on any atom is -0.424 e. The van der Waals surface area contributed by atoms with E-state index in [2.05, 4.69) is 41.8 Å². The number of nitrogens with zero attached hydrogens (tertiary/aromatic N) is 7. The van der Waals surface area contributed by atoms with Gasteiger partial charge in [-0.3, -0.25) is 9.80 Å². The first-order valence-electron chi connectivity index (χ1n) is 9.94. The molecule has 9 heteroatoms. The maximum absolute atomic E-state index is 5.68. The topological polar surface area (TPSA) is 85.3 Å². The maximum Gasteiger partial charge on any atom is 0.230 e. The number of ether oxygens (including phenoxy) is 1. The summed E-state index contributed by atoms with van der Waals surface area (Å²) in [5.41, 5.74) is 0. The zero-order valence-corrected chi connectivity index (χ0v) is 16.3. The number of morpholine rings is 1. The molecule has 0 aliphatic carbocycles. The van der Waals surface area contributed by atoms with Crippen LogP contribution in [0.3, 0.4) is 0 Å². The van der Waals surface area contributed by atoms with Crippen molar-refractivity contribution >= 4 is 0 Å². The fourth-order valence-electron chi connectivity index (χ4n) is 3.92. The van der Waals surface area contributed by atoms with E-state index in [1.807, 2.05) is 6.92 Å². The van der Waals surface area contributed by atoms with E-state index < -0.39 is 0 Å². The standard InChI is InChI=1S/C18H29N7O2/c1-3-16-20-21-17(27-16)13-25-6-4-5-14(11-25)18-22-19-15(23(18)2)12-24-7-9-26-10-8-24/h14H,3-13H2,1-2H3/t14-/m0/s1. The lowest BCUT2D eigenvalue weighted by Gasteiger charge is -2.31. The molecule has 2 fully saturated rings. The molecule has 4 rings (SSSR count). The van der Waals surface area contributed by atoms with E-state index in [1.54, 1.807) is 0 Å². The first-order valence-corrected chi connectivity index (χ1v) is 9.94. The summed E-state index contributed by atoms with van der Waals surface area (Å²) in [4.78, 5) is 4.77. The summed E-state index contributed by atoms with van der Waals surface area (Å²) in [6.07, 6.45) is 3.07. The van der Waals surface area contributed by atoms with E-state index in [-0.39, 0.29) is 0 Å². The second-order valence-corrected chi connectivity index (χ2v) is 7.44. The molecule has 2 aliphatic heterocycles. The summed E-state index contributed by atoms with van der Waals surface area (Å²) in [6.45, 7) is 9.11. The van der Waals surface area contributed by atoms with Gasteiger partial charge in [-0.2, -0.15) is 0 Å². The van der Waals surface area contributed by atoms with Crippen LogP contribution in [0.1, 0.15) is 49.1 Å². The highest BCUT2D eigenvalue weighted by Crippen LogP contribution is 2.27. The van der Waals surface area contributed by atoms with Crippen molar-refractivity contribution in [2.45, 2.75) is 45.2 Å². The van der Waals surface area contributed by atoms with Crippen LogP contribution in [-0.4, -0.2) is 74.2 Å². The van der Waals surface area contributed by atoms with Gasteiger partial charge in [0.25, 0.3) is 0 Å². The number of hydrogen-bond donors (Lipinski definition) is 0. The van der Waals surface area contributed by atoms with Gasteiger partial charge in [-0.1, -0.05) is 6.92 Å². The van der Waals surface area contributed by atoms with Crippen molar-refractivity contribution in [2.24, 2.45) is 7.05 Å². The molecule has 2 saturated heterocycles. The average Bonchev–Trinajstić information content (AvgIpc) is 3.30. The van der Waals surface area contributed by atoms with Gasteiger partial charge in [0.2, 0.25) is 11.8 Å². The molecule has 1 atom stereocenters. The Balaban J connectivity index is 1.39. The predicted octanol–water partition coefficient (Wildman–Crippen LogP) is 0.972. The molecule has 2 aliphatic rings. The van der Waals surface area contributed by atoms with Crippen LogP contribution in [0.5, 0.6) is 0 Å². The average molecular weight is 375 g/mol. The summed E-state index contributed by atoms with van der Waals surface area (Å²) in [5, 5.41) is 17.2. The third-order valence-corrected chi connectivity index (χ3v) is 5.51. The number of likely N-dealkylation sites (tertiary alicyclic amines) is 1. The summed E-state index contributed by atoms with van der Waals surface area (Å²) in [6, 6.07) is 0. The number of rotatable bonds is 6. The summed E-state index contributed by atoms with van der Waals surface area (Å²) in [5.74, 6) is 3.93. The quantitative estimate of drug-likeness (QED) is 0.738. The van der Waals surface area contributed by atoms with E-state index in [0.717, 1.165) is 76.8 Å². The van der Waals surface area contributed by atoms with Gasteiger partial charge >= 0.3 is 0 Å². The van der Waals surface area contributed by atoms with Gasteiger partial charge in [0.1, 0.15) is 11.6 Å². The molecule has 0 radical (unpaired) electrons. The summed E-state index contributed by atoms with van der Waals surface area (Å²) in [7, 11) is 2.09. The minimum absolute atomic E-state index is 0.392. The monoisotopic (exact) mass is 375 g/mol. The number of hydrogen-bond acceptors (Lipinski definition) is 8. The largest absolute Gasteiger partial charge is 0.424 e. The van der Waals surface area contributed by atoms with Crippen molar-refractivity contribution in [3.8, 4) is 0 Å². The van der Waals surface area contributed by atoms with Gasteiger partial charge < -0.3 is 13.7 Å². The second-order valence-electron chi connectivity index (χ2n) is 7.44. The van der Waals surface area contributed by atoms with Crippen LogP contribution in [0.2, 0.25) is 0 Å². The molecule has 148 valence electrons. The van der Waals surface area contributed by atoms with E-state index in [9.17, 15) is 0 Å². The molecule has 2 aromatic heterocycles. The molecule has 9 nitrogen and oxygen atoms in total. The van der Waals surface area contributed by atoms with Crippen LogP contribution >= 0.6 is 0 Å². The van der Waals surface area contributed by atoms with Crippen LogP contribution in [-0.2, 0) is 31.3 Å². The van der Waals surface area contributed by atoms with Crippen molar-refractivity contribution in [2.75, 3.05) is 39.4 Å². The van der Waals surface area contributed by atoms with Gasteiger partial charge in [0.05, 0.1) is 26.3 Å². The highest BCUT2D eigenvalue weighted by Gasteiger charge is 2.27. The van der Waals surface area contributed by atoms with Crippen molar-refractivity contribution in [1.29, 1.82) is 0 Å². The molecule has 27 heavy (non-hydrogen) atoms.